The Balaban J connectivity index is 1.55. The van der Waals surface area contributed by atoms with Crippen molar-refractivity contribution in [2.45, 2.75) is 0 Å². The molecule has 2 aromatic heterocycles. The third-order valence-corrected chi connectivity index (χ3v) is 3.37. The quantitative estimate of drug-likeness (QED) is 0.782. The van der Waals surface area contributed by atoms with Crippen LogP contribution < -0.4 is 9.88 Å². The zero-order chi connectivity index (χ0) is 13.6. The van der Waals surface area contributed by atoms with Gasteiger partial charge in [0.2, 0.25) is 0 Å². The maximum atomic E-state index is 4.53. The summed E-state index contributed by atoms with van der Waals surface area (Å²) in [6.45, 7) is 3.83. The Bertz CT molecular complexity index is 547. The van der Waals surface area contributed by atoms with E-state index in [-0.39, 0.29) is 0 Å². The number of hydrogen-bond acceptors (Lipinski definition) is 4. The number of H-pyrrole nitrogens is 1. The van der Waals surface area contributed by atoms with Gasteiger partial charge in [0.15, 0.2) is 0 Å². The lowest BCUT2D eigenvalue weighted by atomic mass is 10.3. The summed E-state index contributed by atoms with van der Waals surface area (Å²) in [5, 5.41) is 6.64. The molecule has 0 unspecified atom stereocenters. The number of aromatic nitrogens is 2. The molecule has 1 N–H and O–H groups in total. The predicted molar refractivity (Wildman–Crippen MR) is 78.6 cm³/mol. The van der Waals surface area contributed by atoms with E-state index in [1.54, 1.807) is 12.4 Å². The third kappa shape index (κ3) is 3.12. The summed E-state index contributed by atoms with van der Waals surface area (Å²) >= 11 is 0. The summed E-state index contributed by atoms with van der Waals surface area (Å²) in [6, 6.07) is 10.1. The van der Waals surface area contributed by atoms with E-state index in [0.717, 1.165) is 31.7 Å². The average molecular weight is 268 g/mol. The van der Waals surface area contributed by atoms with Crippen molar-refractivity contribution in [1.29, 1.82) is 0 Å². The number of hydrazone groups is 1. The fraction of sp³-hybridized carbons (Fsp3) is 0.267. The molecule has 0 aliphatic carbocycles. The molecule has 5 heteroatoms. The van der Waals surface area contributed by atoms with Crippen LogP contribution in [0.25, 0.3) is 0 Å². The molecule has 0 bridgehead atoms. The molecule has 0 atom stereocenters. The van der Waals surface area contributed by atoms with Crippen LogP contribution in [0.4, 0.5) is 5.82 Å². The van der Waals surface area contributed by atoms with E-state index in [0.29, 0.717) is 0 Å². The highest BCUT2D eigenvalue weighted by Crippen LogP contribution is 2.09. The Morgan fingerprint density at radius 3 is 2.55 bits per heavy atom. The molecule has 1 aliphatic rings. The van der Waals surface area contributed by atoms with Gasteiger partial charge in [-0.15, -0.1) is 0 Å². The van der Waals surface area contributed by atoms with Crippen LogP contribution in [0.2, 0.25) is 0 Å². The van der Waals surface area contributed by atoms with Crippen LogP contribution >= 0.6 is 0 Å². The number of nitrogens with one attached hydrogen (secondary N) is 1. The van der Waals surface area contributed by atoms with E-state index in [4.69, 9.17) is 0 Å². The molecule has 0 radical (unpaired) electrons. The maximum absolute atomic E-state index is 4.53. The van der Waals surface area contributed by atoms with Gasteiger partial charge in [0.05, 0.1) is 25.5 Å². The molecule has 3 rings (SSSR count). The van der Waals surface area contributed by atoms with Crippen molar-refractivity contribution >= 4 is 12.0 Å². The SMILES string of the molecule is C(=N/N1CCN(c2cccc[nH+]2)CC1)/c1ccncc1. The molecule has 3 heterocycles. The van der Waals surface area contributed by atoms with Gasteiger partial charge in [0.25, 0.3) is 5.82 Å². The van der Waals surface area contributed by atoms with Crippen molar-refractivity contribution in [3.8, 4) is 0 Å². The Morgan fingerprint density at radius 1 is 1.05 bits per heavy atom. The van der Waals surface area contributed by atoms with Gasteiger partial charge in [-0.1, -0.05) is 6.07 Å². The molecule has 1 fully saturated rings. The van der Waals surface area contributed by atoms with Crippen molar-refractivity contribution in [3.63, 3.8) is 0 Å². The monoisotopic (exact) mass is 268 g/mol. The fourth-order valence-electron chi connectivity index (χ4n) is 2.23. The molecule has 102 valence electrons. The molecular formula is C15H18N5+. The highest BCUT2D eigenvalue weighted by Gasteiger charge is 2.21. The molecule has 20 heavy (non-hydrogen) atoms. The zero-order valence-electron chi connectivity index (χ0n) is 11.3. The van der Waals surface area contributed by atoms with Crippen LogP contribution in [0, 0.1) is 0 Å². The summed E-state index contributed by atoms with van der Waals surface area (Å²) in [5.41, 5.74) is 1.08. The minimum absolute atomic E-state index is 0.935. The molecule has 1 aliphatic heterocycles. The minimum atomic E-state index is 0.935. The standard InChI is InChI=1S/C15H17N5/c1-2-6-17-15(3-1)19-9-11-20(12-10-19)18-13-14-4-7-16-8-5-14/h1-8,13H,9-12H2/p+1/b18-13-. The average Bonchev–Trinajstić information content (AvgIpc) is 2.55. The summed E-state index contributed by atoms with van der Waals surface area (Å²) in [4.78, 5) is 9.62. The van der Waals surface area contributed by atoms with Crippen molar-refractivity contribution in [2.24, 2.45) is 5.10 Å². The van der Waals surface area contributed by atoms with Crippen LogP contribution in [0.1, 0.15) is 5.56 Å². The lowest BCUT2D eigenvalue weighted by Gasteiger charge is -2.28. The van der Waals surface area contributed by atoms with Crippen molar-refractivity contribution in [3.05, 3.63) is 54.5 Å². The van der Waals surface area contributed by atoms with Crippen molar-refractivity contribution < 1.29 is 4.98 Å². The predicted octanol–water partition coefficient (Wildman–Crippen LogP) is 1.05. The summed E-state index contributed by atoms with van der Waals surface area (Å²) < 4.78 is 0. The van der Waals surface area contributed by atoms with Gasteiger partial charge in [0.1, 0.15) is 13.1 Å². The van der Waals surface area contributed by atoms with Gasteiger partial charge in [-0.25, -0.2) is 4.98 Å². The Labute approximate surface area is 118 Å². The fourth-order valence-corrected chi connectivity index (χ4v) is 2.23. The second-order valence-corrected chi connectivity index (χ2v) is 4.71. The van der Waals surface area contributed by atoms with Gasteiger partial charge in [0, 0.05) is 18.5 Å². The van der Waals surface area contributed by atoms with Crippen LogP contribution in [-0.2, 0) is 0 Å². The van der Waals surface area contributed by atoms with Crippen molar-refractivity contribution in [2.75, 3.05) is 31.1 Å². The van der Waals surface area contributed by atoms with Crippen LogP contribution in [0.5, 0.6) is 0 Å². The molecular weight excluding hydrogens is 250 g/mol. The van der Waals surface area contributed by atoms with Crippen LogP contribution in [0.3, 0.4) is 0 Å². The largest absolute Gasteiger partial charge is 0.289 e. The first-order valence-electron chi connectivity index (χ1n) is 6.82. The number of pyridine rings is 2. The number of hydrogen-bond donors (Lipinski definition) is 0. The number of rotatable bonds is 3. The lowest BCUT2D eigenvalue weighted by Crippen LogP contribution is -2.45. The van der Waals surface area contributed by atoms with E-state index < -0.39 is 0 Å². The molecule has 2 aromatic rings. The van der Waals surface area contributed by atoms with Gasteiger partial charge in [-0.05, 0) is 23.8 Å². The molecule has 0 amide bonds. The lowest BCUT2D eigenvalue weighted by molar-refractivity contribution is -0.364. The maximum Gasteiger partial charge on any atom is 0.274 e. The normalized spacial score (nSPS) is 15.8. The zero-order valence-corrected chi connectivity index (χ0v) is 11.3. The molecule has 1 saturated heterocycles. The first-order valence-corrected chi connectivity index (χ1v) is 6.82. The summed E-state index contributed by atoms with van der Waals surface area (Å²) in [6.07, 6.45) is 7.42. The number of piperazine rings is 1. The Morgan fingerprint density at radius 2 is 1.85 bits per heavy atom. The third-order valence-electron chi connectivity index (χ3n) is 3.37. The molecule has 0 saturated carbocycles. The van der Waals surface area contributed by atoms with Crippen molar-refractivity contribution in [1.82, 2.24) is 9.99 Å². The van der Waals surface area contributed by atoms with Gasteiger partial charge in [-0.3, -0.25) is 14.9 Å². The Hall–Kier alpha value is -2.43. The second-order valence-electron chi connectivity index (χ2n) is 4.71. The number of nitrogens with zero attached hydrogens (tertiary/aromatic N) is 4. The van der Waals surface area contributed by atoms with E-state index in [2.05, 4.69) is 37.1 Å². The second kappa shape index (κ2) is 6.14. The highest BCUT2D eigenvalue weighted by atomic mass is 15.5. The minimum Gasteiger partial charge on any atom is -0.289 e. The first kappa shape index (κ1) is 12.6. The van der Waals surface area contributed by atoms with E-state index in [1.807, 2.05) is 30.6 Å². The highest BCUT2D eigenvalue weighted by molar-refractivity contribution is 5.78. The topological polar surface area (TPSA) is 45.9 Å². The number of anilines is 1. The first-order chi connectivity index (χ1) is 9.92. The molecule has 0 aromatic carbocycles. The summed E-state index contributed by atoms with van der Waals surface area (Å²) in [5.74, 6) is 1.17. The van der Waals surface area contributed by atoms with Gasteiger partial charge in [-0.2, -0.15) is 5.10 Å². The van der Waals surface area contributed by atoms with Crippen LogP contribution in [0.15, 0.2) is 54.0 Å². The molecule has 0 spiro atoms. The number of aromatic amines is 1. The molecule has 5 nitrogen and oxygen atoms in total. The smallest absolute Gasteiger partial charge is 0.274 e. The van der Waals surface area contributed by atoms with Crippen LogP contribution in [-0.4, -0.2) is 42.4 Å². The van der Waals surface area contributed by atoms with Gasteiger partial charge < -0.3 is 0 Å². The Kier molecular flexibility index (Phi) is 3.87. The summed E-state index contributed by atoms with van der Waals surface area (Å²) in [7, 11) is 0. The van der Waals surface area contributed by atoms with E-state index >= 15 is 0 Å². The van der Waals surface area contributed by atoms with E-state index in [1.165, 1.54) is 5.82 Å². The van der Waals surface area contributed by atoms with Gasteiger partial charge >= 0.3 is 0 Å². The van der Waals surface area contributed by atoms with E-state index in [9.17, 15) is 0 Å².